The molecule has 470 valence electrons. The van der Waals surface area contributed by atoms with Gasteiger partial charge in [-0.3, -0.25) is 19.0 Å². The molecule has 6 rings (SSSR count). The molecule has 14 nitrogen and oxygen atoms in total. The van der Waals surface area contributed by atoms with Crippen molar-refractivity contribution in [1.82, 2.24) is 9.13 Å². The Morgan fingerprint density at radius 3 is 1.63 bits per heavy atom. The third-order valence-corrected chi connectivity index (χ3v) is 17.8. The van der Waals surface area contributed by atoms with Crippen molar-refractivity contribution in [3.63, 3.8) is 0 Å². The van der Waals surface area contributed by atoms with Crippen molar-refractivity contribution in [2.24, 2.45) is 0 Å². The first-order valence-corrected chi connectivity index (χ1v) is 29.4. The van der Waals surface area contributed by atoms with Crippen LogP contribution in [0.3, 0.4) is 0 Å². The quantitative estimate of drug-likeness (QED) is 0.0376. The SMILES string of the molecule is C#CC#CC#CC#CC#CC#CC#CC#CC#CC#CC#COc1cc(C)cc(C(=O)n2c(=O)ccn([C@@H]3O[C@H](COC(c4ccccc4)(c4ccc(OC)cc4)c4ccc(OC)cc4)[C@H](OC(=O)CCC(C)=O)C3O[Si](C)(C)C(C)(C)C)c2=O)c1.[HH].[HH].[HH].[HH].[HH].[HH].[HH].[HH].[HH].[HH].[HH].[HH].[HH].[HH].[HH].[HH].[HH].[HH].[HH].[HH].[HH].[HH]. The molecule has 5 aromatic rings. The minimum Gasteiger partial charge on any atom is -0.497 e. The summed E-state index contributed by atoms with van der Waals surface area (Å²) in [5, 5.41) is -0.439. The number of ether oxygens (including phenoxy) is 6. The highest BCUT2D eigenvalue weighted by atomic mass is 28.4. The molecule has 2 heterocycles. The molecule has 4 aromatic carbocycles. The van der Waals surface area contributed by atoms with E-state index in [2.05, 4.69) is 125 Å². The highest BCUT2D eigenvalue weighted by Gasteiger charge is 2.54. The van der Waals surface area contributed by atoms with Crippen molar-refractivity contribution >= 4 is 26.0 Å². The number of nitrogens with zero attached hydrogens (tertiary/aromatic N) is 2. The molecule has 1 aliphatic heterocycles. The molecule has 0 bridgehead atoms. The molecule has 1 fully saturated rings. The normalized spacial score (nSPS) is 14.3. The molecular weight excluding hydrogens is 1100 g/mol. The molecule has 1 saturated heterocycles. The summed E-state index contributed by atoms with van der Waals surface area (Å²) in [7, 11) is 0.228. The summed E-state index contributed by atoms with van der Waals surface area (Å²) < 4.78 is 45.9. The lowest BCUT2D eigenvalue weighted by molar-refractivity contribution is -0.159. The van der Waals surface area contributed by atoms with Crippen LogP contribution in [0.4, 0.5) is 0 Å². The third kappa shape index (κ3) is 17.3. The average molecular weight is 1200 g/mol. The number of ketones is 1. The van der Waals surface area contributed by atoms with Crippen molar-refractivity contribution in [1.29, 1.82) is 0 Å². The van der Waals surface area contributed by atoms with Crippen LogP contribution >= 0.6 is 0 Å². The summed E-state index contributed by atoms with van der Waals surface area (Å²) in [5.41, 5.74) is -0.854. The summed E-state index contributed by atoms with van der Waals surface area (Å²) in [5.74, 6) is 48.7. The fourth-order valence-electron chi connectivity index (χ4n) is 8.23. The number of methoxy groups -OCH3 is 2. The fraction of sp³-hybridized carbons (Fsp3) is 0.254. The third-order valence-electron chi connectivity index (χ3n) is 13.3. The van der Waals surface area contributed by atoms with Crippen molar-refractivity contribution in [3.05, 3.63) is 158 Å². The second kappa shape index (κ2) is 30.9. The summed E-state index contributed by atoms with van der Waals surface area (Å²) in [6, 6.07) is 29.8. The molecule has 0 radical (unpaired) electrons. The lowest BCUT2D eigenvalue weighted by Crippen LogP contribution is -2.52. The molecule has 1 unspecified atom stereocenters. The van der Waals surface area contributed by atoms with Gasteiger partial charge >= 0.3 is 11.7 Å². The topological polar surface area (TPSA) is 160 Å². The van der Waals surface area contributed by atoms with Gasteiger partial charge in [-0.05, 0) is 144 Å². The second-order valence-corrected chi connectivity index (χ2v) is 24.9. The Morgan fingerprint density at radius 1 is 0.640 bits per heavy atom. The second-order valence-electron chi connectivity index (χ2n) is 20.1. The molecule has 0 saturated carbocycles. The number of terminal acetylenes is 1. The van der Waals surface area contributed by atoms with Gasteiger partial charge in [0.15, 0.2) is 20.6 Å². The monoisotopic (exact) mass is 1200 g/mol. The Morgan fingerprint density at radius 2 is 1.14 bits per heavy atom. The highest BCUT2D eigenvalue weighted by Crippen LogP contribution is 2.45. The van der Waals surface area contributed by atoms with Crippen LogP contribution in [0.25, 0.3) is 0 Å². The van der Waals surface area contributed by atoms with E-state index >= 15 is 0 Å². The zero-order chi connectivity index (χ0) is 62.1. The number of hydrogen-bond donors (Lipinski definition) is 0. The van der Waals surface area contributed by atoms with Crippen molar-refractivity contribution < 1.29 is 78.6 Å². The number of Topliss-reactive ketones (excluding diaryl/α,β-unsaturated/α-hetero) is 1. The van der Waals surface area contributed by atoms with Gasteiger partial charge in [0.05, 0.1) is 27.2 Å². The number of benzene rings is 4. The zero-order valence-electron chi connectivity index (χ0n) is 48.7. The summed E-state index contributed by atoms with van der Waals surface area (Å²) in [6.07, 6.45) is 3.13. The van der Waals surface area contributed by atoms with E-state index in [1.807, 2.05) is 113 Å². The fourth-order valence-corrected chi connectivity index (χ4v) is 9.52. The van der Waals surface area contributed by atoms with Crippen LogP contribution in [0, 0.1) is 138 Å². The molecule has 0 aliphatic carbocycles. The first kappa shape index (κ1) is 64.2. The predicted octanol–water partition coefficient (Wildman–Crippen LogP) is 13.0. The highest BCUT2D eigenvalue weighted by molar-refractivity contribution is 6.74. The van der Waals surface area contributed by atoms with Gasteiger partial charge in [-0.1, -0.05) is 75.4 Å². The molecule has 86 heavy (non-hydrogen) atoms. The van der Waals surface area contributed by atoms with E-state index in [9.17, 15) is 24.0 Å². The van der Waals surface area contributed by atoms with Crippen LogP contribution in [0.1, 0.15) is 111 Å². The zero-order valence-corrected chi connectivity index (χ0v) is 49.7. The minimum absolute atomic E-state index is 0. The van der Waals surface area contributed by atoms with Gasteiger partial charge in [0.2, 0.25) is 0 Å². The number of carbonyl (C=O) groups excluding carboxylic acids is 3. The van der Waals surface area contributed by atoms with Gasteiger partial charge in [-0.2, -0.15) is 4.57 Å². The largest absolute Gasteiger partial charge is 0.497 e. The first-order valence-electron chi connectivity index (χ1n) is 26.5. The smallest absolute Gasteiger partial charge is 0.340 e. The minimum atomic E-state index is -2.91. The molecule has 4 atom stereocenters. The van der Waals surface area contributed by atoms with Crippen LogP contribution in [0.2, 0.25) is 18.1 Å². The summed E-state index contributed by atoms with van der Waals surface area (Å²) in [4.78, 5) is 69.5. The van der Waals surface area contributed by atoms with Gasteiger partial charge in [0.1, 0.15) is 46.9 Å². The van der Waals surface area contributed by atoms with Crippen LogP contribution in [0.15, 0.2) is 119 Å². The molecule has 15 heteroatoms. The standard InChI is InChI=1S/C71H56N2O12Si.22H2/c1-11-12-13-14-15-16-17-18-19-20-21-22-23-24-25-26-27-28-29-33-48-81-61-50-53(2)49-55(51-61)67(77)73-63(75)46-47-72(69(73)78)68-66(85-86(9,10)70(4,5)6)65(84-64(76)45-36-54(3)74)62(83-68)52-82-71(56-34-31-30-32-35-56,57-37-41-59(79-7)42-38-57)58-39-43-60(80-8)44-40-58;;;;;;;;;;;;;;;;;;;;;;/h1,30-32,34-35,37-44,46-47,49-51,62,65-66,68H,36,45,52H2,2-10H3;22*1H/t62-,65+,66?,68-;;;;;;;;;;;;;;;;;;;;;;/m1....................../s1. The van der Waals surface area contributed by atoms with Crippen LogP contribution in [-0.4, -0.2) is 74.2 Å². The Balaban J connectivity index is -0.000000251. The van der Waals surface area contributed by atoms with E-state index < -0.39 is 66.6 Å². The maximum Gasteiger partial charge on any atom is 0.340 e. The number of esters is 1. The van der Waals surface area contributed by atoms with Crippen molar-refractivity contribution in [2.75, 3.05) is 20.8 Å². The number of hydrogen-bond acceptors (Lipinski definition) is 12. The molecular formula is C71H100N2O12Si. The van der Waals surface area contributed by atoms with Crippen molar-refractivity contribution in [3.8, 4) is 148 Å². The lowest BCUT2D eigenvalue weighted by atomic mass is 9.80. The van der Waals surface area contributed by atoms with Gasteiger partial charge in [0, 0.05) is 127 Å². The summed E-state index contributed by atoms with van der Waals surface area (Å²) >= 11 is 0. The van der Waals surface area contributed by atoms with Crippen LogP contribution < -0.4 is 25.5 Å². The number of aromatic nitrogens is 2. The van der Waals surface area contributed by atoms with Gasteiger partial charge in [-0.25, -0.2) is 4.79 Å². The molecule has 0 N–H and O–H groups in total. The number of rotatable bonds is 17. The molecule has 0 amide bonds. The predicted molar refractivity (Wildman–Crippen MR) is 374 cm³/mol. The van der Waals surface area contributed by atoms with Gasteiger partial charge in [0.25, 0.3) is 11.5 Å². The molecule has 1 aromatic heterocycles. The Kier molecular flexibility index (Phi) is 23.1. The van der Waals surface area contributed by atoms with E-state index in [4.69, 9.17) is 39.3 Å². The Hall–Kier alpha value is -11.0. The molecule has 1 aliphatic rings. The summed E-state index contributed by atoms with van der Waals surface area (Å²) in [6.45, 7) is 12.8. The van der Waals surface area contributed by atoms with Crippen molar-refractivity contribution in [2.45, 2.75) is 95.7 Å². The van der Waals surface area contributed by atoms with Crippen LogP contribution in [-0.2, 0) is 33.8 Å². The maximum atomic E-state index is 15.0. The van der Waals surface area contributed by atoms with E-state index in [1.54, 1.807) is 27.2 Å². The maximum absolute atomic E-state index is 15.0. The van der Waals surface area contributed by atoms with E-state index in [1.165, 1.54) is 25.3 Å². The number of aryl methyl sites for hydroxylation is 1. The Bertz CT molecular complexity index is 4260. The van der Waals surface area contributed by atoms with E-state index in [-0.39, 0.29) is 67.9 Å². The Labute approximate surface area is 535 Å². The lowest BCUT2D eigenvalue weighted by Gasteiger charge is -2.40. The van der Waals surface area contributed by atoms with Crippen LogP contribution in [0.5, 0.6) is 17.2 Å². The first-order chi connectivity index (χ1) is 41.3. The van der Waals surface area contributed by atoms with Gasteiger partial charge in [-0.15, -0.1) is 6.42 Å². The number of carbonyl (C=O) groups is 3. The average Bonchev–Trinajstić information content (AvgIpc) is 1.47. The van der Waals surface area contributed by atoms with Gasteiger partial charge < -0.3 is 37.6 Å². The van der Waals surface area contributed by atoms with E-state index in [0.29, 0.717) is 32.8 Å². The van der Waals surface area contributed by atoms with E-state index in [0.717, 1.165) is 16.2 Å². The molecule has 0 spiro atoms.